The van der Waals surface area contributed by atoms with E-state index in [0.29, 0.717) is 0 Å². The van der Waals surface area contributed by atoms with Gasteiger partial charge in [0.05, 0.1) is 0 Å². The second-order valence-corrected chi connectivity index (χ2v) is 7.47. The van der Waals surface area contributed by atoms with Crippen molar-refractivity contribution in [3.63, 3.8) is 0 Å². The molecule has 0 amide bonds. The molecule has 130 valence electrons. The molecule has 0 spiro atoms. The molecule has 0 saturated carbocycles. The molecule has 26 heavy (non-hydrogen) atoms. The molecule has 1 aliphatic rings. The summed E-state index contributed by atoms with van der Waals surface area (Å²) in [7, 11) is 0. The Hall–Kier alpha value is -2.43. The van der Waals surface area contributed by atoms with Crippen LogP contribution in [0.4, 0.5) is 5.69 Å². The molecule has 2 unspecified atom stereocenters. The minimum atomic E-state index is -0.561. The first-order chi connectivity index (χ1) is 12.6. The summed E-state index contributed by atoms with van der Waals surface area (Å²) in [5, 5.41) is 7.34. The highest BCUT2D eigenvalue weighted by molar-refractivity contribution is 9.10. The van der Waals surface area contributed by atoms with E-state index in [0.717, 1.165) is 21.3 Å². The molecule has 2 atom stereocenters. The van der Waals surface area contributed by atoms with Crippen molar-refractivity contribution < 1.29 is 0 Å². The van der Waals surface area contributed by atoms with Gasteiger partial charge in [0.2, 0.25) is 0 Å². The number of nitrogens with one attached hydrogen (secondary N) is 2. The zero-order chi connectivity index (χ0) is 18.0. The van der Waals surface area contributed by atoms with Gasteiger partial charge in [-0.2, -0.15) is 0 Å². The molecule has 3 aromatic carbocycles. The van der Waals surface area contributed by atoms with Crippen molar-refractivity contribution in [3.8, 4) is 0 Å². The molecule has 4 rings (SSSR count). The Balaban J connectivity index is 1.72. The van der Waals surface area contributed by atoms with Crippen molar-refractivity contribution in [2.75, 3.05) is 5.32 Å². The number of nitrogens with zero attached hydrogens (tertiary/aromatic N) is 1. The van der Waals surface area contributed by atoms with E-state index in [9.17, 15) is 0 Å². The van der Waals surface area contributed by atoms with Crippen LogP contribution in [0.1, 0.15) is 22.9 Å². The highest BCUT2D eigenvalue weighted by Gasteiger charge is 2.37. The Morgan fingerprint density at radius 3 is 2.35 bits per heavy atom. The third-order valence-corrected chi connectivity index (χ3v) is 4.97. The molecular formula is C22H20BrN3. The van der Waals surface area contributed by atoms with Crippen LogP contribution in [0, 0.1) is 6.92 Å². The molecule has 0 aliphatic carbocycles. The number of aliphatic imine (C=N–C) groups is 1. The van der Waals surface area contributed by atoms with Gasteiger partial charge in [0.1, 0.15) is 6.17 Å². The van der Waals surface area contributed by atoms with Crippen LogP contribution >= 0.6 is 15.9 Å². The van der Waals surface area contributed by atoms with Crippen molar-refractivity contribution >= 4 is 27.8 Å². The summed E-state index contributed by atoms with van der Waals surface area (Å²) in [4.78, 5) is 4.77. The molecule has 0 aromatic heterocycles. The molecule has 0 radical (unpaired) electrons. The summed E-state index contributed by atoms with van der Waals surface area (Å²) in [5.41, 5.74) is 3.94. The average molecular weight is 406 g/mol. The van der Waals surface area contributed by atoms with Gasteiger partial charge in [-0.25, -0.2) is 0 Å². The van der Waals surface area contributed by atoms with Crippen LogP contribution in [-0.4, -0.2) is 6.21 Å². The Labute approximate surface area is 162 Å². The molecule has 0 bridgehead atoms. The summed E-state index contributed by atoms with van der Waals surface area (Å²) in [5.74, 6) is 0. The van der Waals surface area contributed by atoms with Crippen molar-refractivity contribution in [2.45, 2.75) is 18.8 Å². The molecule has 3 nitrogen and oxygen atoms in total. The van der Waals surface area contributed by atoms with E-state index in [4.69, 9.17) is 4.99 Å². The van der Waals surface area contributed by atoms with E-state index in [1.54, 1.807) is 0 Å². The topological polar surface area (TPSA) is 36.4 Å². The Morgan fingerprint density at radius 2 is 1.65 bits per heavy atom. The van der Waals surface area contributed by atoms with Crippen LogP contribution in [-0.2, 0) is 5.66 Å². The van der Waals surface area contributed by atoms with Gasteiger partial charge in [-0.3, -0.25) is 10.3 Å². The van der Waals surface area contributed by atoms with Crippen molar-refractivity contribution in [1.29, 1.82) is 0 Å². The number of aryl methyl sites for hydroxylation is 1. The smallest absolute Gasteiger partial charge is 0.153 e. The predicted molar refractivity (Wildman–Crippen MR) is 111 cm³/mol. The summed E-state index contributed by atoms with van der Waals surface area (Å²) < 4.78 is 1.05. The first kappa shape index (κ1) is 17.0. The van der Waals surface area contributed by atoms with Gasteiger partial charge in [-0.15, -0.1) is 0 Å². The minimum absolute atomic E-state index is 0.0860. The van der Waals surface area contributed by atoms with Crippen LogP contribution < -0.4 is 10.6 Å². The van der Waals surface area contributed by atoms with E-state index < -0.39 is 5.66 Å². The molecule has 0 saturated heterocycles. The monoisotopic (exact) mass is 405 g/mol. The van der Waals surface area contributed by atoms with Gasteiger partial charge in [0.15, 0.2) is 5.66 Å². The molecule has 1 aliphatic heterocycles. The minimum Gasteiger partial charge on any atom is -0.359 e. The summed E-state index contributed by atoms with van der Waals surface area (Å²) in [6, 6.07) is 27.0. The van der Waals surface area contributed by atoms with E-state index >= 15 is 0 Å². The summed E-state index contributed by atoms with van der Waals surface area (Å²) >= 11 is 3.59. The van der Waals surface area contributed by atoms with Crippen molar-refractivity contribution in [2.24, 2.45) is 4.99 Å². The normalized spacial score (nSPS) is 21.7. The third-order valence-electron chi connectivity index (χ3n) is 4.51. The Morgan fingerprint density at radius 1 is 0.962 bits per heavy atom. The van der Waals surface area contributed by atoms with Crippen LogP contribution in [0.25, 0.3) is 0 Å². The molecule has 0 fully saturated rings. The fourth-order valence-corrected chi connectivity index (χ4v) is 3.92. The van der Waals surface area contributed by atoms with Crippen LogP contribution in [0.3, 0.4) is 0 Å². The summed E-state index contributed by atoms with van der Waals surface area (Å²) in [6.07, 6.45) is 1.90. The van der Waals surface area contributed by atoms with E-state index in [1.807, 2.05) is 30.5 Å². The average Bonchev–Trinajstić information content (AvgIpc) is 3.08. The zero-order valence-electron chi connectivity index (χ0n) is 14.5. The number of anilines is 1. The maximum absolute atomic E-state index is 4.77. The lowest BCUT2D eigenvalue weighted by molar-refractivity contribution is 0.473. The maximum Gasteiger partial charge on any atom is 0.153 e. The van der Waals surface area contributed by atoms with Gasteiger partial charge in [0, 0.05) is 16.4 Å². The first-order valence-electron chi connectivity index (χ1n) is 8.62. The molecule has 2 N–H and O–H groups in total. The molecule has 4 heteroatoms. The number of rotatable bonds is 4. The fraction of sp³-hybridized carbons (Fsp3) is 0.136. The Bertz CT molecular complexity index is 904. The number of hydrogen-bond acceptors (Lipinski definition) is 3. The van der Waals surface area contributed by atoms with Gasteiger partial charge < -0.3 is 5.32 Å². The molecular weight excluding hydrogens is 386 g/mol. The quantitative estimate of drug-likeness (QED) is 0.609. The van der Waals surface area contributed by atoms with Gasteiger partial charge >= 0.3 is 0 Å². The van der Waals surface area contributed by atoms with Crippen LogP contribution in [0.2, 0.25) is 0 Å². The Kier molecular flexibility index (Phi) is 4.62. The van der Waals surface area contributed by atoms with Crippen LogP contribution in [0.5, 0.6) is 0 Å². The van der Waals surface area contributed by atoms with Crippen LogP contribution in [0.15, 0.2) is 88.3 Å². The maximum atomic E-state index is 4.77. The fourth-order valence-electron chi connectivity index (χ4n) is 3.32. The lowest BCUT2D eigenvalue weighted by Crippen LogP contribution is -2.47. The second-order valence-electron chi connectivity index (χ2n) is 6.55. The van der Waals surface area contributed by atoms with E-state index in [2.05, 4.69) is 88.1 Å². The summed E-state index contributed by atoms with van der Waals surface area (Å²) in [6.45, 7) is 2.09. The standard InChI is InChI=1S/C22H20BrN3/c1-16-12-19(23)14-20(13-16)25-22(18-10-6-3-7-11-18)15-24-21(26-22)17-8-4-2-5-9-17/h2-15,21,25-26H,1H3. The zero-order valence-corrected chi connectivity index (χ0v) is 16.1. The third kappa shape index (κ3) is 3.43. The lowest BCUT2D eigenvalue weighted by atomic mass is 10.00. The van der Waals surface area contributed by atoms with E-state index in [1.165, 1.54) is 5.56 Å². The lowest BCUT2D eigenvalue weighted by Gasteiger charge is -2.31. The number of halogens is 1. The number of hydrogen-bond donors (Lipinski definition) is 2. The largest absolute Gasteiger partial charge is 0.359 e. The number of benzene rings is 3. The highest BCUT2D eigenvalue weighted by Crippen LogP contribution is 2.32. The SMILES string of the molecule is Cc1cc(Br)cc(NC2(c3ccccc3)C=NC(c3ccccc3)N2)c1. The van der Waals surface area contributed by atoms with Gasteiger partial charge in [-0.05, 0) is 41.8 Å². The van der Waals surface area contributed by atoms with Crippen molar-refractivity contribution in [3.05, 3.63) is 100 Å². The van der Waals surface area contributed by atoms with Gasteiger partial charge in [-0.1, -0.05) is 76.6 Å². The highest BCUT2D eigenvalue weighted by atomic mass is 79.9. The van der Waals surface area contributed by atoms with Crippen molar-refractivity contribution in [1.82, 2.24) is 5.32 Å². The predicted octanol–water partition coefficient (Wildman–Crippen LogP) is 5.40. The molecule has 3 aromatic rings. The first-order valence-corrected chi connectivity index (χ1v) is 9.42. The van der Waals surface area contributed by atoms with Gasteiger partial charge in [0.25, 0.3) is 0 Å². The molecule has 1 heterocycles. The second kappa shape index (κ2) is 7.06. The van der Waals surface area contributed by atoms with E-state index in [-0.39, 0.29) is 6.17 Å².